The smallest absolute Gasteiger partial charge is 0.160 e. The molecular weight excluding hydrogens is 144 g/mol. The zero-order chi connectivity index (χ0) is 8.48. The second kappa shape index (κ2) is 3.09. The summed E-state index contributed by atoms with van der Waals surface area (Å²) >= 11 is 0. The minimum absolute atomic E-state index is 0.143. The summed E-state index contributed by atoms with van der Waals surface area (Å²) in [7, 11) is 0. The lowest BCUT2D eigenvalue weighted by Gasteiger charge is -2.35. The van der Waals surface area contributed by atoms with Crippen LogP contribution in [-0.4, -0.2) is 30.2 Å². The first-order valence-electron chi connectivity index (χ1n) is 3.97. The fourth-order valence-electron chi connectivity index (χ4n) is 0.998. The first-order chi connectivity index (χ1) is 5.01. The van der Waals surface area contributed by atoms with Crippen molar-refractivity contribution in [1.82, 2.24) is 0 Å². The largest absolute Gasteiger partial charge is 0.385 e. The van der Waals surface area contributed by atoms with E-state index in [0.29, 0.717) is 19.1 Å². The molecule has 0 bridgehead atoms. The molecule has 11 heavy (non-hydrogen) atoms. The zero-order valence-electron chi connectivity index (χ0n) is 7.33. The zero-order valence-corrected chi connectivity index (χ0v) is 7.33. The monoisotopic (exact) mass is 160 g/mol. The topological polar surface area (TPSA) is 38.7 Å². The van der Waals surface area contributed by atoms with E-state index < -0.39 is 5.60 Å². The predicted molar refractivity (Wildman–Crippen MR) is 41.2 cm³/mol. The van der Waals surface area contributed by atoms with Crippen molar-refractivity contribution in [3.05, 3.63) is 0 Å². The molecule has 1 saturated heterocycles. The summed E-state index contributed by atoms with van der Waals surface area (Å²) in [4.78, 5) is 0. The van der Waals surface area contributed by atoms with E-state index in [-0.39, 0.29) is 6.29 Å². The molecule has 1 aliphatic rings. The third-order valence-corrected chi connectivity index (χ3v) is 1.66. The van der Waals surface area contributed by atoms with E-state index >= 15 is 0 Å². The van der Waals surface area contributed by atoms with Crippen LogP contribution >= 0.6 is 0 Å². The lowest BCUT2D eigenvalue weighted by Crippen LogP contribution is -2.46. The molecule has 0 aliphatic carbocycles. The first kappa shape index (κ1) is 8.97. The minimum atomic E-state index is -0.800. The molecule has 0 saturated carbocycles. The van der Waals surface area contributed by atoms with Crippen molar-refractivity contribution in [1.29, 1.82) is 0 Å². The fraction of sp³-hybridized carbons (Fsp3) is 1.00. The number of ether oxygens (including phenoxy) is 2. The van der Waals surface area contributed by atoms with E-state index in [1.165, 1.54) is 0 Å². The normalized spacial score (nSPS) is 39.5. The average Bonchev–Trinajstić information content (AvgIpc) is 1.86. The summed E-state index contributed by atoms with van der Waals surface area (Å²) in [6.07, 6.45) is -0.143. The van der Waals surface area contributed by atoms with Gasteiger partial charge in [-0.2, -0.15) is 0 Å². The van der Waals surface area contributed by atoms with E-state index in [1.807, 2.05) is 13.8 Å². The van der Waals surface area contributed by atoms with Gasteiger partial charge in [-0.1, -0.05) is 13.8 Å². The molecule has 0 aromatic carbocycles. The van der Waals surface area contributed by atoms with Crippen LogP contribution < -0.4 is 0 Å². The van der Waals surface area contributed by atoms with E-state index in [9.17, 15) is 5.11 Å². The maximum absolute atomic E-state index is 9.42. The van der Waals surface area contributed by atoms with Crippen molar-refractivity contribution < 1.29 is 14.6 Å². The van der Waals surface area contributed by atoms with Crippen LogP contribution in [0.1, 0.15) is 20.8 Å². The van der Waals surface area contributed by atoms with Crippen molar-refractivity contribution in [2.24, 2.45) is 5.92 Å². The Balaban J connectivity index is 2.36. The van der Waals surface area contributed by atoms with Crippen LogP contribution in [-0.2, 0) is 9.47 Å². The highest BCUT2D eigenvalue weighted by atomic mass is 16.7. The maximum atomic E-state index is 9.42. The van der Waals surface area contributed by atoms with Gasteiger partial charge in [0.2, 0.25) is 0 Å². The Hall–Kier alpha value is -0.120. The Morgan fingerprint density at radius 1 is 1.36 bits per heavy atom. The molecule has 3 heteroatoms. The van der Waals surface area contributed by atoms with Gasteiger partial charge >= 0.3 is 0 Å². The quantitative estimate of drug-likeness (QED) is 0.615. The van der Waals surface area contributed by atoms with Gasteiger partial charge in [0.25, 0.3) is 0 Å². The van der Waals surface area contributed by atoms with Gasteiger partial charge in [-0.05, 0) is 6.92 Å². The predicted octanol–water partition coefficient (Wildman–Crippen LogP) is 0.766. The Labute approximate surface area is 67.3 Å². The Kier molecular flexibility index (Phi) is 2.52. The summed E-state index contributed by atoms with van der Waals surface area (Å²) in [6, 6.07) is 0. The third kappa shape index (κ3) is 2.43. The van der Waals surface area contributed by atoms with E-state index in [4.69, 9.17) is 9.47 Å². The molecular formula is C8H16O3. The van der Waals surface area contributed by atoms with Crippen LogP contribution in [0.3, 0.4) is 0 Å². The molecule has 1 aliphatic heterocycles. The highest BCUT2D eigenvalue weighted by Gasteiger charge is 2.31. The summed E-state index contributed by atoms with van der Waals surface area (Å²) in [6.45, 7) is 6.52. The molecule has 0 aromatic rings. The van der Waals surface area contributed by atoms with Crippen molar-refractivity contribution in [2.75, 3.05) is 13.2 Å². The van der Waals surface area contributed by atoms with Crippen molar-refractivity contribution in [2.45, 2.75) is 32.7 Å². The van der Waals surface area contributed by atoms with Crippen LogP contribution in [0.4, 0.5) is 0 Å². The Bertz CT molecular complexity index is 121. The van der Waals surface area contributed by atoms with Gasteiger partial charge in [-0.25, -0.2) is 0 Å². The number of rotatable bonds is 1. The Morgan fingerprint density at radius 2 is 1.82 bits per heavy atom. The van der Waals surface area contributed by atoms with Gasteiger partial charge in [-0.15, -0.1) is 0 Å². The molecule has 0 radical (unpaired) electrons. The number of hydrogen-bond donors (Lipinski definition) is 1. The van der Waals surface area contributed by atoms with Crippen LogP contribution in [0.5, 0.6) is 0 Å². The van der Waals surface area contributed by atoms with Crippen LogP contribution in [0.25, 0.3) is 0 Å². The Morgan fingerprint density at radius 3 is 2.18 bits per heavy atom. The van der Waals surface area contributed by atoms with Crippen LogP contribution in [0, 0.1) is 5.92 Å². The molecule has 3 nitrogen and oxygen atoms in total. The third-order valence-electron chi connectivity index (χ3n) is 1.66. The molecule has 0 aromatic heterocycles. The van der Waals surface area contributed by atoms with Gasteiger partial charge in [0, 0.05) is 5.92 Å². The summed E-state index contributed by atoms with van der Waals surface area (Å²) in [5, 5.41) is 9.42. The summed E-state index contributed by atoms with van der Waals surface area (Å²) in [5.74, 6) is 0.353. The van der Waals surface area contributed by atoms with Crippen molar-refractivity contribution in [3.63, 3.8) is 0 Å². The minimum Gasteiger partial charge on any atom is -0.385 e. The molecule has 1 heterocycles. The first-order valence-corrected chi connectivity index (χ1v) is 3.97. The molecule has 0 atom stereocenters. The van der Waals surface area contributed by atoms with Crippen LogP contribution in [0.15, 0.2) is 0 Å². The molecule has 0 amide bonds. The molecule has 66 valence electrons. The SMILES string of the molecule is CC(C)[C@H]1OC[C@@](C)(O)CO1. The van der Waals surface area contributed by atoms with Gasteiger partial charge in [0.1, 0.15) is 5.60 Å². The van der Waals surface area contributed by atoms with Gasteiger partial charge in [0.15, 0.2) is 6.29 Å². The second-order valence-electron chi connectivity index (χ2n) is 3.73. The second-order valence-corrected chi connectivity index (χ2v) is 3.73. The summed E-state index contributed by atoms with van der Waals surface area (Å²) in [5.41, 5.74) is -0.800. The molecule has 1 rings (SSSR count). The van der Waals surface area contributed by atoms with Gasteiger partial charge < -0.3 is 14.6 Å². The molecule has 0 spiro atoms. The van der Waals surface area contributed by atoms with Crippen LogP contribution in [0.2, 0.25) is 0 Å². The van der Waals surface area contributed by atoms with E-state index in [2.05, 4.69) is 0 Å². The number of aliphatic hydroxyl groups is 1. The molecule has 1 fully saturated rings. The van der Waals surface area contributed by atoms with E-state index in [1.54, 1.807) is 6.92 Å². The van der Waals surface area contributed by atoms with E-state index in [0.717, 1.165) is 0 Å². The van der Waals surface area contributed by atoms with Crippen molar-refractivity contribution >= 4 is 0 Å². The lowest BCUT2D eigenvalue weighted by atomic mass is 10.1. The van der Waals surface area contributed by atoms with Gasteiger partial charge in [-0.3, -0.25) is 0 Å². The van der Waals surface area contributed by atoms with Gasteiger partial charge in [0.05, 0.1) is 13.2 Å². The summed E-state index contributed by atoms with van der Waals surface area (Å²) < 4.78 is 10.6. The van der Waals surface area contributed by atoms with Crippen molar-refractivity contribution in [3.8, 4) is 0 Å². The highest BCUT2D eigenvalue weighted by Crippen LogP contribution is 2.19. The number of hydrogen-bond acceptors (Lipinski definition) is 3. The molecule has 1 N–H and O–H groups in total. The maximum Gasteiger partial charge on any atom is 0.160 e. The molecule has 0 unspecified atom stereocenters. The standard InChI is InChI=1S/C8H16O3/c1-6(2)7-10-4-8(3,9)5-11-7/h6-7,9H,4-5H2,1-3H3/t7-,8+. The lowest BCUT2D eigenvalue weighted by molar-refractivity contribution is -0.261. The average molecular weight is 160 g/mol. The fourth-order valence-corrected chi connectivity index (χ4v) is 0.998. The highest BCUT2D eigenvalue weighted by molar-refractivity contribution is 4.75.